The van der Waals surface area contributed by atoms with E-state index in [0.29, 0.717) is 0 Å². The second-order valence-corrected chi connectivity index (χ2v) is 8.37. The molecular formula is C16H16Cl3FN2O2S. The number of hydrogen-bond donors (Lipinski definition) is 1. The summed E-state index contributed by atoms with van der Waals surface area (Å²) in [5.74, 6) is -1.07. The van der Waals surface area contributed by atoms with E-state index in [4.69, 9.17) is 28.9 Å². The molecule has 0 spiro atoms. The molecule has 0 aromatic heterocycles. The normalized spacial score (nSPS) is 21.1. The molecule has 0 aliphatic carbocycles. The molecule has 1 fully saturated rings. The Hall–Kier alpha value is -0.890. The predicted octanol–water partition coefficient (Wildman–Crippen LogP) is 3.67. The van der Waals surface area contributed by atoms with E-state index in [-0.39, 0.29) is 47.4 Å². The van der Waals surface area contributed by atoms with E-state index in [2.05, 4.69) is 0 Å². The van der Waals surface area contributed by atoms with Gasteiger partial charge in [-0.25, -0.2) is 12.8 Å². The van der Waals surface area contributed by atoms with Crippen LogP contribution >= 0.6 is 35.6 Å². The van der Waals surface area contributed by atoms with Crippen LogP contribution in [0.15, 0.2) is 47.4 Å². The van der Waals surface area contributed by atoms with Crippen LogP contribution in [0.5, 0.6) is 0 Å². The molecule has 3 rings (SSSR count). The van der Waals surface area contributed by atoms with Gasteiger partial charge in [0.25, 0.3) is 0 Å². The molecule has 9 heteroatoms. The van der Waals surface area contributed by atoms with Crippen molar-refractivity contribution in [3.8, 4) is 0 Å². The van der Waals surface area contributed by atoms with Crippen LogP contribution in [0.3, 0.4) is 0 Å². The maximum absolute atomic E-state index is 13.9. The van der Waals surface area contributed by atoms with Gasteiger partial charge in [0.05, 0.1) is 10.0 Å². The average molecular weight is 426 g/mol. The van der Waals surface area contributed by atoms with Gasteiger partial charge in [-0.3, -0.25) is 0 Å². The monoisotopic (exact) mass is 424 g/mol. The number of benzene rings is 2. The SMILES string of the molecule is Cl.N[C@@H]1CN(S(=O)(=O)c2ccc(Cl)c(F)c2Cl)C[C@H]1c1ccccc1. The Morgan fingerprint density at radius 1 is 1.08 bits per heavy atom. The first-order valence-electron chi connectivity index (χ1n) is 7.26. The van der Waals surface area contributed by atoms with E-state index in [1.54, 1.807) is 0 Å². The largest absolute Gasteiger partial charge is 0.326 e. The first-order chi connectivity index (χ1) is 11.3. The van der Waals surface area contributed by atoms with Crippen molar-refractivity contribution in [3.63, 3.8) is 0 Å². The zero-order valence-corrected chi connectivity index (χ0v) is 16.0. The molecule has 2 atom stereocenters. The van der Waals surface area contributed by atoms with Crippen molar-refractivity contribution in [2.24, 2.45) is 5.73 Å². The van der Waals surface area contributed by atoms with E-state index >= 15 is 0 Å². The molecule has 1 saturated heterocycles. The van der Waals surface area contributed by atoms with Crippen molar-refractivity contribution in [2.45, 2.75) is 16.9 Å². The van der Waals surface area contributed by atoms with Crippen LogP contribution in [-0.2, 0) is 10.0 Å². The van der Waals surface area contributed by atoms with Crippen molar-refractivity contribution in [1.29, 1.82) is 0 Å². The lowest BCUT2D eigenvalue weighted by Crippen LogP contribution is -2.32. The minimum absolute atomic E-state index is 0. The van der Waals surface area contributed by atoms with Crippen molar-refractivity contribution >= 4 is 45.6 Å². The van der Waals surface area contributed by atoms with E-state index in [1.807, 2.05) is 30.3 Å². The lowest BCUT2D eigenvalue weighted by atomic mass is 9.95. The van der Waals surface area contributed by atoms with Gasteiger partial charge in [-0.2, -0.15) is 4.31 Å². The van der Waals surface area contributed by atoms with Crippen LogP contribution in [-0.4, -0.2) is 31.9 Å². The van der Waals surface area contributed by atoms with Gasteiger partial charge in [0.2, 0.25) is 10.0 Å². The molecule has 1 aliphatic heterocycles. The van der Waals surface area contributed by atoms with Gasteiger partial charge in [0.1, 0.15) is 4.90 Å². The fraction of sp³-hybridized carbons (Fsp3) is 0.250. The topological polar surface area (TPSA) is 63.4 Å². The van der Waals surface area contributed by atoms with Crippen molar-refractivity contribution in [2.75, 3.05) is 13.1 Å². The summed E-state index contributed by atoms with van der Waals surface area (Å²) in [7, 11) is -3.96. The predicted molar refractivity (Wildman–Crippen MR) is 99.6 cm³/mol. The molecule has 0 unspecified atom stereocenters. The van der Waals surface area contributed by atoms with Gasteiger partial charge in [0.15, 0.2) is 5.82 Å². The van der Waals surface area contributed by atoms with E-state index in [0.717, 1.165) is 5.56 Å². The van der Waals surface area contributed by atoms with Gasteiger partial charge in [0, 0.05) is 25.0 Å². The minimum Gasteiger partial charge on any atom is -0.326 e. The minimum atomic E-state index is -3.96. The first kappa shape index (κ1) is 20.4. The summed E-state index contributed by atoms with van der Waals surface area (Å²) in [5.41, 5.74) is 7.10. The van der Waals surface area contributed by atoms with E-state index in [9.17, 15) is 12.8 Å². The fourth-order valence-corrected chi connectivity index (χ4v) is 5.11. The zero-order valence-electron chi connectivity index (χ0n) is 12.9. The Bertz CT molecular complexity index is 865. The molecule has 0 amide bonds. The summed E-state index contributed by atoms with van der Waals surface area (Å²) in [4.78, 5) is -0.299. The third-order valence-corrected chi connectivity index (χ3v) is 6.82. The fourth-order valence-electron chi connectivity index (χ4n) is 2.89. The highest BCUT2D eigenvalue weighted by molar-refractivity contribution is 7.89. The van der Waals surface area contributed by atoms with Crippen LogP contribution in [0.1, 0.15) is 11.5 Å². The van der Waals surface area contributed by atoms with Gasteiger partial charge in [-0.15, -0.1) is 12.4 Å². The van der Waals surface area contributed by atoms with Gasteiger partial charge in [-0.05, 0) is 17.7 Å². The third-order valence-electron chi connectivity index (χ3n) is 4.18. The van der Waals surface area contributed by atoms with Crippen molar-refractivity contribution < 1.29 is 12.8 Å². The summed E-state index contributed by atoms with van der Waals surface area (Å²) in [5, 5.41) is -0.724. The number of nitrogens with zero attached hydrogens (tertiary/aromatic N) is 1. The summed E-state index contributed by atoms with van der Waals surface area (Å²) in [6, 6.07) is 11.5. The lowest BCUT2D eigenvalue weighted by molar-refractivity contribution is 0.469. The maximum atomic E-state index is 13.9. The smallest absolute Gasteiger partial charge is 0.244 e. The number of hydrogen-bond acceptors (Lipinski definition) is 3. The molecule has 2 N–H and O–H groups in total. The Labute approximate surface area is 162 Å². The van der Waals surface area contributed by atoms with Gasteiger partial charge in [-0.1, -0.05) is 53.5 Å². The molecular weight excluding hydrogens is 410 g/mol. The number of sulfonamides is 1. The molecule has 1 heterocycles. The molecule has 1 aliphatic rings. The summed E-state index contributed by atoms with van der Waals surface area (Å²) >= 11 is 11.5. The second-order valence-electron chi connectivity index (χ2n) is 5.68. The molecule has 0 radical (unpaired) electrons. The average Bonchev–Trinajstić information content (AvgIpc) is 2.96. The Morgan fingerprint density at radius 3 is 2.36 bits per heavy atom. The Morgan fingerprint density at radius 2 is 1.72 bits per heavy atom. The second kappa shape index (κ2) is 7.78. The summed E-state index contributed by atoms with van der Waals surface area (Å²) < 4.78 is 40.7. The van der Waals surface area contributed by atoms with E-state index in [1.165, 1.54) is 16.4 Å². The molecule has 2 aromatic carbocycles. The Kier molecular flexibility index (Phi) is 6.35. The highest BCUT2D eigenvalue weighted by atomic mass is 35.5. The summed E-state index contributed by atoms with van der Waals surface area (Å²) in [6.45, 7) is 0.358. The highest BCUT2D eigenvalue weighted by Crippen LogP contribution is 2.35. The molecule has 4 nitrogen and oxygen atoms in total. The van der Waals surface area contributed by atoms with Crippen LogP contribution in [0, 0.1) is 5.82 Å². The van der Waals surface area contributed by atoms with Crippen molar-refractivity contribution in [1.82, 2.24) is 4.31 Å². The van der Waals surface area contributed by atoms with Crippen LogP contribution in [0.4, 0.5) is 4.39 Å². The standard InChI is InChI=1S/C16H15Cl2FN2O2S.ClH/c17-12-6-7-14(15(18)16(12)19)24(22,23)21-8-11(13(20)9-21)10-4-2-1-3-5-10;/h1-7,11,13H,8-9,20H2;1H/t11-,13+;/m0./s1. The lowest BCUT2D eigenvalue weighted by Gasteiger charge is -2.18. The van der Waals surface area contributed by atoms with E-state index < -0.39 is 20.9 Å². The number of halogens is 4. The third kappa shape index (κ3) is 3.79. The number of rotatable bonds is 3. The molecule has 25 heavy (non-hydrogen) atoms. The van der Waals surface area contributed by atoms with Gasteiger partial charge >= 0.3 is 0 Å². The van der Waals surface area contributed by atoms with Crippen LogP contribution in [0.25, 0.3) is 0 Å². The van der Waals surface area contributed by atoms with Crippen molar-refractivity contribution in [3.05, 3.63) is 63.9 Å². The first-order valence-corrected chi connectivity index (χ1v) is 9.46. The zero-order chi connectivity index (χ0) is 17.5. The molecule has 0 saturated carbocycles. The summed E-state index contributed by atoms with van der Waals surface area (Å²) in [6.07, 6.45) is 0. The highest BCUT2D eigenvalue weighted by Gasteiger charge is 2.39. The molecule has 136 valence electrons. The van der Waals surface area contributed by atoms with Gasteiger partial charge < -0.3 is 5.73 Å². The van der Waals surface area contributed by atoms with Crippen LogP contribution in [0.2, 0.25) is 10.0 Å². The quantitative estimate of drug-likeness (QED) is 0.763. The molecule has 2 aromatic rings. The number of nitrogens with two attached hydrogens (primary N) is 1. The van der Waals surface area contributed by atoms with Crippen LogP contribution < -0.4 is 5.73 Å². The molecule has 0 bridgehead atoms. The Balaban J connectivity index is 0.00000225. The maximum Gasteiger partial charge on any atom is 0.244 e.